The molecule has 2 aromatic carbocycles. The summed E-state index contributed by atoms with van der Waals surface area (Å²) in [6, 6.07) is 10.1. The highest BCUT2D eigenvalue weighted by Crippen LogP contribution is 2.30. The van der Waals surface area contributed by atoms with Crippen LogP contribution >= 0.6 is 12.4 Å². The molecule has 26 heavy (non-hydrogen) atoms. The summed E-state index contributed by atoms with van der Waals surface area (Å²) in [6.45, 7) is 4.70. The zero-order valence-electron chi connectivity index (χ0n) is 15.4. The van der Waals surface area contributed by atoms with E-state index in [1.54, 1.807) is 50.6 Å². The Morgan fingerprint density at radius 1 is 1.08 bits per heavy atom. The fourth-order valence-electron chi connectivity index (χ4n) is 2.15. The molecule has 2 aromatic rings. The minimum atomic E-state index is -0.298. The zero-order valence-corrected chi connectivity index (χ0v) is 16.2. The minimum absolute atomic E-state index is 0. The van der Waals surface area contributed by atoms with E-state index in [1.165, 1.54) is 0 Å². The predicted molar refractivity (Wildman–Crippen MR) is 106 cm³/mol. The number of hydrogen-bond acceptors (Lipinski definition) is 5. The summed E-state index contributed by atoms with van der Waals surface area (Å²) in [7, 11) is 3.09. The quantitative estimate of drug-likeness (QED) is 0.709. The highest BCUT2D eigenvalue weighted by atomic mass is 35.5. The summed E-state index contributed by atoms with van der Waals surface area (Å²) in [5.74, 6) is 1.82. The summed E-state index contributed by atoms with van der Waals surface area (Å²) in [6.07, 6.45) is 0. The molecule has 7 heteroatoms. The summed E-state index contributed by atoms with van der Waals surface area (Å²) in [5, 5.41) is 2.78. The Morgan fingerprint density at radius 2 is 1.81 bits per heavy atom. The third-order valence-electron chi connectivity index (χ3n) is 3.51. The first kappa shape index (κ1) is 21.4. The molecule has 0 saturated heterocycles. The van der Waals surface area contributed by atoms with Gasteiger partial charge in [-0.25, -0.2) is 0 Å². The Balaban J connectivity index is 0.00000338. The number of nitrogens with one attached hydrogen (secondary N) is 1. The Hall–Kier alpha value is -2.60. The number of halogens is 1. The first-order valence-electron chi connectivity index (χ1n) is 8.00. The van der Waals surface area contributed by atoms with Crippen molar-refractivity contribution in [2.24, 2.45) is 5.92 Å². The summed E-state index contributed by atoms with van der Waals surface area (Å²) in [5.41, 5.74) is 7.29. The monoisotopic (exact) mass is 380 g/mol. The van der Waals surface area contributed by atoms with Gasteiger partial charge in [0.1, 0.15) is 5.75 Å². The molecule has 0 unspecified atom stereocenters. The molecular weight excluding hydrogens is 356 g/mol. The van der Waals surface area contributed by atoms with Crippen molar-refractivity contribution < 1.29 is 19.0 Å². The van der Waals surface area contributed by atoms with E-state index in [4.69, 9.17) is 19.9 Å². The van der Waals surface area contributed by atoms with Gasteiger partial charge in [0.15, 0.2) is 11.5 Å². The second-order valence-electron chi connectivity index (χ2n) is 5.98. The van der Waals surface area contributed by atoms with Gasteiger partial charge in [-0.05, 0) is 36.2 Å². The minimum Gasteiger partial charge on any atom is -0.497 e. The number of benzene rings is 2. The first-order chi connectivity index (χ1) is 11.9. The molecule has 0 fully saturated rings. The van der Waals surface area contributed by atoms with Crippen molar-refractivity contribution in [1.29, 1.82) is 0 Å². The molecule has 0 spiro atoms. The van der Waals surface area contributed by atoms with Gasteiger partial charge in [0.05, 0.1) is 32.2 Å². The highest BCUT2D eigenvalue weighted by molar-refractivity contribution is 6.06. The zero-order chi connectivity index (χ0) is 18.4. The van der Waals surface area contributed by atoms with Gasteiger partial charge in [-0.2, -0.15) is 0 Å². The van der Waals surface area contributed by atoms with Crippen LogP contribution < -0.4 is 25.3 Å². The molecule has 142 valence electrons. The van der Waals surface area contributed by atoms with Crippen LogP contribution in [0.2, 0.25) is 0 Å². The Bertz CT molecular complexity index is 750. The highest BCUT2D eigenvalue weighted by Gasteiger charge is 2.13. The van der Waals surface area contributed by atoms with Crippen molar-refractivity contribution in [3.63, 3.8) is 0 Å². The summed E-state index contributed by atoms with van der Waals surface area (Å²) < 4.78 is 16.2. The third-order valence-corrected chi connectivity index (χ3v) is 3.51. The topological polar surface area (TPSA) is 82.8 Å². The summed E-state index contributed by atoms with van der Waals surface area (Å²) in [4.78, 5) is 12.5. The molecule has 0 aliphatic carbocycles. The van der Waals surface area contributed by atoms with Crippen LogP contribution in [0.25, 0.3) is 0 Å². The van der Waals surface area contributed by atoms with E-state index in [1.807, 2.05) is 0 Å². The van der Waals surface area contributed by atoms with E-state index in [9.17, 15) is 4.79 Å². The number of anilines is 2. The molecule has 0 bridgehead atoms. The SMILES string of the molecule is COc1ccc(N)c(NC(=O)c2ccc(OCC(C)C)c(OC)c2)c1.Cl. The molecule has 1 amide bonds. The average Bonchev–Trinajstić information content (AvgIpc) is 2.61. The normalized spacial score (nSPS) is 10.0. The fourth-order valence-corrected chi connectivity index (χ4v) is 2.15. The second-order valence-corrected chi connectivity index (χ2v) is 5.98. The Morgan fingerprint density at radius 3 is 2.42 bits per heavy atom. The lowest BCUT2D eigenvalue weighted by atomic mass is 10.1. The molecule has 6 nitrogen and oxygen atoms in total. The van der Waals surface area contributed by atoms with Gasteiger partial charge in [0.2, 0.25) is 0 Å². The number of hydrogen-bond donors (Lipinski definition) is 2. The molecule has 2 rings (SSSR count). The fraction of sp³-hybridized carbons (Fsp3) is 0.316. The van der Waals surface area contributed by atoms with Crippen molar-refractivity contribution in [3.8, 4) is 17.2 Å². The van der Waals surface area contributed by atoms with Gasteiger partial charge in [0.25, 0.3) is 5.91 Å². The largest absolute Gasteiger partial charge is 0.497 e. The van der Waals surface area contributed by atoms with Crippen LogP contribution in [-0.2, 0) is 0 Å². The molecule has 0 saturated carbocycles. The van der Waals surface area contributed by atoms with E-state index in [0.717, 1.165) is 0 Å². The van der Waals surface area contributed by atoms with Crippen LogP contribution in [0.15, 0.2) is 36.4 Å². The van der Waals surface area contributed by atoms with Crippen LogP contribution in [-0.4, -0.2) is 26.7 Å². The lowest BCUT2D eigenvalue weighted by Gasteiger charge is -2.14. The van der Waals surface area contributed by atoms with Crippen LogP contribution in [0.4, 0.5) is 11.4 Å². The maximum Gasteiger partial charge on any atom is 0.255 e. The number of nitrogen functional groups attached to an aromatic ring is 1. The number of rotatable bonds is 7. The predicted octanol–water partition coefficient (Wildman–Crippen LogP) is 3.99. The molecule has 0 aromatic heterocycles. The first-order valence-corrected chi connectivity index (χ1v) is 8.00. The maximum absolute atomic E-state index is 12.5. The van der Waals surface area contributed by atoms with E-state index in [0.29, 0.717) is 46.7 Å². The van der Waals surface area contributed by atoms with Crippen LogP contribution in [0.1, 0.15) is 24.2 Å². The maximum atomic E-state index is 12.5. The van der Waals surface area contributed by atoms with Gasteiger partial charge in [0, 0.05) is 11.6 Å². The van der Waals surface area contributed by atoms with Crippen LogP contribution in [0, 0.1) is 5.92 Å². The molecule has 0 heterocycles. The Kier molecular flexibility index (Phi) is 8.06. The number of methoxy groups -OCH3 is 2. The van der Waals surface area contributed by atoms with E-state index < -0.39 is 0 Å². The summed E-state index contributed by atoms with van der Waals surface area (Å²) >= 11 is 0. The molecule has 0 aliphatic heterocycles. The molecule has 3 N–H and O–H groups in total. The number of ether oxygens (including phenoxy) is 3. The van der Waals surface area contributed by atoms with Crippen molar-refractivity contribution in [3.05, 3.63) is 42.0 Å². The number of carbonyl (C=O) groups is 1. The number of carbonyl (C=O) groups excluding carboxylic acids is 1. The van der Waals surface area contributed by atoms with Crippen LogP contribution in [0.3, 0.4) is 0 Å². The average molecular weight is 381 g/mol. The standard InChI is InChI=1S/C19H24N2O4.ClH/c1-12(2)11-25-17-8-5-13(9-18(17)24-4)19(22)21-16-10-14(23-3)6-7-15(16)20;/h5-10,12H,11,20H2,1-4H3,(H,21,22);1H. The van der Waals surface area contributed by atoms with Gasteiger partial charge in [-0.3, -0.25) is 4.79 Å². The van der Waals surface area contributed by atoms with E-state index >= 15 is 0 Å². The second kappa shape index (κ2) is 9.77. The van der Waals surface area contributed by atoms with Crippen molar-refractivity contribution in [2.75, 3.05) is 31.9 Å². The number of amides is 1. The lowest BCUT2D eigenvalue weighted by molar-refractivity contribution is 0.102. The van der Waals surface area contributed by atoms with Crippen molar-refractivity contribution in [1.82, 2.24) is 0 Å². The Labute approximate surface area is 160 Å². The van der Waals surface area contributed by atoms with Crippen molar-refractivity contribution in [2.45, 2.75) is 13.8 Å². The molecule has 0 atom stereocenters. The molecular formula is C19H25ClN2O4. The third kappa shape index (κ3) is 5.46. The van der Waals surface area contributed by atoms with Gasteiger partial charge in [-0.1, -0.05) is 13.8 Å². The van der Waals surface area contributed by atoms with Gasteiger partial charge >= 0.3 is 0 Å². The molecule has 0 radical (unpaired) electrons. The lowest BCUT2D eigenvalue weighted by Crippen LogP contribution is -2.14. The van der Waals surface area contributed by atoms with Gasteiger partial charge in [-0.15, -0.1) is 12.4 Å². The molecule has 0 aliphatic rings. The van der Waals surface area contributed by atoms with Crippen molar-refractivity contribution >= 4 is 29.7 Å². The van der Waals surface area contributed by atoms with Crippen LogP contribution in [0.5, 0.6) is 17.2 Å². The van der Waals surface area contributed by atoms with Gasteiger partial charge < -0.3 is 25.3 Å². The van der Waals surface area contributed by atoms with E-state index in [2.05, 4.69) is 19.2 Å². The number of nitrogens with two attached hydrogens (primary N) is 1. The smallest absolute Gasteiger partial charge is 0.255 e. The van der Waals surface area contributed by atoms with E-state index in [-0.39, 0.29) is 18.3 Å².